The van der Waals surface area contributed by atoms with Crippen molar-refractivity contribution in [1.29, 1.82) is 0 Å². The lowest BCUT2D eigenvalue weighted by Crippen LogP contribution is -2.37. The zero-order valence-corrected chi connectivity index (χ0v) is 25.0. The Hall–Kier alpha value is -4.06. The Balaban J connectivity index is 1.17. The van der Waals surface area contributed by atoms with Crippen LogP contribution in [-0.4, -0.2) is 76.4 Å². The van der Waals surface area contributed by atoms with Crippen molar-refractivity contribution in [2.45, 2.75) is 13.0 Å². The monoisotopic (exact) mass is 629 g/mol. The lowest BCUT2D eigenvalue weighted by Gasteiger charge is -2.26. The molecule has 0 spiro atoms. The molecule has 216 valence electrons. The normalized spacial score (nSPS) is 13.8. The van der Waals surface area contributed by atoms with E-state index in [9.17, 15) is 0 Å². The van der Waals surface area contributed by atoms with Crippen molar-refractivity contribution in [3.63, 3.8) is 0 Å². The van der Waals surface area contributed by atoms with Gasteiger partial charge in [0.1, 0.15) is 17.8 Å². The molecular weight excluding hydrogens is 598 g/mol. The molecule has 0 bridgehead atoms. The lowest BCUT2D eigenvalue weighted by molar-refractivity contribution is 0.0357. The Morgan fingerprint density at radius 3 is 2.74 bits per heavy atom. The van der Waals surface area contributed by atoms with Crippen molar-refractivity contribution in [3.05, 3.63) is 83.2 Å². The van der Waals surface area contributed by atoms with E-state index in [1.54, 1.807) is 13.4 Å². The fourth-order valence-electron chi connectivity index (χ4n) is 4.93. The first-order chi connectivity index (χ1) is 20.7. The molecule has 5 aromatic rings. The van der Waals surface area contributed by atoms with Gasteiger partial charge in [-0.15, -0.1) is 5.10 Å². The molecule has 0 aliphatic carbocycles. The zero-order chi connectivity index (χ0) is 28.7. The molecule has 1 aliphatic rings. The van der Waals surface area contributed by atoms with Crippen LogP contribution >= 0.6 is 15.9 Å². The summed E-state index contributed by atoms with van der Waals surface area (Å²) in [6.45, 7) is 5.71. The van der Waals surface area contributed by atoms with Crippen LogP contribution in [0.15, 0.2) is 77.7 Å². The van der Waals surface area contributed by atoms with E-state index in [0.29, 0.717) is 30.5 Å². The van der Waals surface area contributed by atoms with E-state index >= 15 is 0 Å². The van der Waals surface area contributed by atoms with Crippen LogP contribution in [0.4, 0.5) is 11.5 Å². The highest BCUT2D eigenvalue weighted by molar-refractivity contribution is 9.10. The molecule has 3 aromatic carbocycles. The van der Waals surface area contributed by atoms with Gasteiger partial charge in [0.25, 0.3) is 0 Å². The van der Waals surface area contributed by atoms with Crippen LogP contribution in [-0.2, 0) is 11.3 Å². The summed E-state index contributed by atoms with van der Waals surface area (Å²) in [6.07, 6.45) is 4.41. The predicted octanol–water partition coefficient (Wildman–Crippen LogP) is 5.55. The number of ether oxygens (including phenoxy) is 3. The van der Waals surface area contributed by atoms with E-state index in [-0.39, 0.29) is 0 Å². The van der Waals surface area contributed by atoms with Gasteiger partial charge in [-0.2, -0.15) is 0 Å². The predicted molar refractivity (Wildman–Crippen MR) is 165 cm³/mol. The lowest BCUT2D eigenvalue weighted by atomic mass is 10.1. The summed E-state index contributed by atoms with van der Waals surface area (Å²) in [7, 11) is 1.64. The highest BCUT2D eigenvalue weighted by atomic mass is 79.9. The Morgan fingerprint density at radius 1 is 1.00 bits per heavy atom. The number of halogens is 1. The molecule has 0 saturated carbocycles. The Bertz CT molecular complexity index is 1660. The van der Waals surface area contributed by atoms with Gasteiger partial charge in [-0.1, -0.05) is 51.5 Å². The van der Waals surface area contributed by atoms with Crippen LogP contribution in [0.5, 0.6) is 11.5 Å². The third-order valence-corrected chi connectivity index (χ3v) is 7.92. The van der Waals surface area contributed by atoms with Crippen molar-refractivity contribution in [1.82, 2.24) is 29.9 Å². The molecule has 10 nitrogen and oxygen atoms in total. The number of rotatable bonds is 11. The second kappa shape index (κ2) is 13.3. The first-order valence-electron chi connectivity index (χ1n) is 13.9. The van der Waals surface area contributed by atoms with Crippen LogP contribution in [0.1, 0.15) is 12.0 Å². The van der Waals surface area contributed by atoms with E-state index < -0.39 is 0 Å². The summed E-state index contributed by atoms with van der Waals surface area (Å²) in [5.74, 6) is 1.99. The third-order valence-electron chi connectivity index (χ3n) is 7.15. The maximum Gasteiger partial charge on any atom is 0.162 e. The van der Waals surface area contributed by atoms with E-state index in [2.05, 4.69) is 52.5 Å². The Morgan fingerprint density at radius 2 is 1.88 bits per heavy atom. The van der Waals surface area contributed by atoms with Gasteiger partial charge in [0.15, 0.2) is 11.5 Å². The van der Waals surface area contributed by atoms with Crippen molar-refractivity contribution in [3.8, 4) is 22.8 Å². The van der Waals surface area contributed by atoms with Gasteiger partial charge in [-0.3, -0.25) is 4.90 Å². The largest absolute Gasteiger partial charge is 0.493 e. The number of aromatic nitrogens is 5. The second-order valence-corrected chi connectivity index (χ2v) is 10.9. The molecule has 1 N–H and O–H groups in total. The summed E-state index contributed by atoms with van der Waals surface area (Å²) in [5, 5.41) is 13.0. The average molecular weight is 631 g/mol. The number of nitrogens with one attached hydrogen (secondary N) is 1. The number of fused-ring (bicyclic) bond motifs is 1. The van der Waals surface area contributed by atoms with Crippen molar-refractivity contribution in [2.75, 3.05) is 51.9 Å². The Kier molecular flexibility index (Phi) is 8.88. The highest BCUT2D eigenvalue weighted by Gasteiger charge is 2.14. The molecule has 1 saturated heterocycles. The fraction of sp³-hybridized carbons (Fsp3) is 0.290. The molecule has 0 atom stereocenters. The van der Waals surface area contributed by atoms with E-state index in [1.165, 1.54) is 0 Å². The number of hydrogen-bond acceptors (Lipinski definition) is 9. The molecule has 1 aliphatic heterocycles. The molecule has 0 unspecified atom stereocenters. The van der Waals surface area contributed by atoms with Gasteiger partial charge in [-0.05, 0) is 36.2 Å². The fourth-order valence-corrected chi connectivity index (χ4v) is 5.34. The van der Waals surface area contributed by atoms with Crippen LogP contribution in [0.3, 0.4) is 0 Å². The Labute approximate surface area is 252 Å². The second-order valence-electron chi connectivity index (χ2n) is 10.00. The molecule has 6 rings (SSSR count). The van der Waals surface area contributed by atoms with Crippen molar-refractivity contribution < 1.29 is 14.2 Å². The maximum absolute atomic E-state index is 6.17. The van der Waals surface area contributed by atoms with E-state index in [4.69, 9.17) is 14.2 Å². The number of nitrogens with zero attached hydrogens (tertiary/aromatic N) is 6. The quantitative estimate of drug-likeness (QED) is 0.188. The van der Waals surface area contributed by atoms with E-state index in [1.807, 2.05) is 65.5 Å². The van der Waals surface area contributed by atoms with Crippen LogP contribution < -0.4 is 14.8 Å². The molecule has 11 heteroatoms. The van der Waals surface area contributed by atoms with Crippen LogP contribution in [0.25, 0.3) is 22.2 Å². The molecule has 42 heavy (non-hydrogen) atoms. The molecule has 3 heterocycles. The van der Waals surface area contributed by atoms with Gasteiger partial charge >= 0.3 is 0 Å². The van der Waals surface area contributed by atoms with Crippen molar-refractivity contribution >= 4 is 38.3 Å². The first-order valence-corrected chi connectivity index (χ1v) is 14.7. The number of hydrogen-bond donors (Lipinski definition) is 1. The van der Waals surface area contributed by atoms with Gasteiger partial charge in [0, 0.05) is 46.8 Å². The van der Waals surface area contributed by atoms with Gasteiger partial charge in [0.05, 0.1) is 45.2 Å². The number of morpholine rings is 1. The molecular formula is C31H32BrN7O3. The molecule has 2 aromatic heterocycles. The van der Waals surface area contributed by atoms with Gasteiger partial charge in [-0.25, -0.2) is 14.6 Å². The molecule has 0 radical (unpaired) electrons. The average Bonchev–Trinajstić information content (AvgIpc) is 3.50. The van der Waals surface area contributed by atoms with Crippen LogP contribution in [0, 0.1) is 0 Å². The third kappa shape index (κ3) is 6.70. The minimum absolute atomic E-state index is 0.583. The summed E-state index contributed by atoms with van der Waals surface area (Å²) in [5.41, 5.74) is 4.50. The maximum atomic E-state index is 6.17. The zero-order valence-electron chi connectivity index (χ0n) is 23.4. The SMILES string of the molecule is COc1cc2ncnc(Nc3cccc(-c4cn(Cc5ccccc5Br)nn4)c3)c2cc1OCCCN1CCOCC1. The van der Waals surface area contributed by atoms with Crippen molar-refractivity contribution in [2.24, 2.45) is 0 Å². The minimum Gasteiger partial charge on any atom is -0.493 e. The summed E-state index contributed by atoms with van der Waals surface area (Å²) >= 11 is 3.61. The molecule has 0 amide bonds. The topological polar surface area (TPSA) is 99.5 Å². The van der Waals surface area contributed by atoms with Gasteiger partial charge in [0.2, 0.25) is 0 Å². The number of benzene rings is 3. The summed E-state index contributed by atoms with van der Waals surface area (Å²) < 4.78 is 20.1. The number of methoxy groups -OCH3 is 1. The van der Waals surface area contributed by atoms with Gasteiger partial charge < -0.3 is 19.5 Å². The standard InChI is InChI=1S/C31H32BrN7O3/c1-40-29-18-27-25(17-30(29)42-13-5-10-38-11-14-41-15-12-38)31(34-21-33-27)35-24-8-4-7-22(16-24)28-20-39(37-36-28)19-23-6-2-3-9-26(23)32/h2-4,6-9,16-18,20-21H,5,10-15,19H2,1H3,(H,33,34,35). The minimum atomic E-state index is 0.583. The van der Waals surface area contributed by atoms with E-state index in [0.717, 1.165) is 77.2 Å². The number of anilines is 2. The summed E-state index contributed by atoms with van der Waals surface area (Å²) in [6, 6.07) is 20.0. The molecule has 1 fully saturated rings. The van der Waals surface area contributed by atoms with Crippen LogP contribution in [0.2, 0.25) is 0 Å². The first kappa shape index (κ1) is 28.1. The highest BCUT2D eigenvalue weighted by Crippen LogP contribution is 2.35. The summed E-state index contributed by atoms with van der Waals surface area (Å²) in [4.78, 5) is 11.4. The smallest absolute Gasteiger partial charge is 0.162 e.